The minimum Gasteiger partial charge on any atom is -0.487 e. The predicted octanol–water partition coefficient (Wildman–Crippen LogP) is 8.05. The lowest BCUT2D eigenvalue weighted by Gasteiger charge is -2.37. The molecule has 0 aromatic heterocycles. The first-order valence-corrected chi connectivity index (χ1v) is 13.5. The van der Waals surface area contributed by atoms with Crippen molar-refractivity contribution in [1.29, 1.82) is 0 Å². The van der Waals surface area contributed by atoms with E-state index in [9.17, 15) is 4.79 Å². The summed E-state index contributed by atoms with van der Waals surface area (Å²) in [7, 11) is 3.73. The number of ether oxygens (including phenoxy) is 2. The standard InChI is InChI=1S/C32H49NO3/c1-10-23(2)16-17-25(4)14-11-13-24(3)15-12-19-32(7)20-18-28-21-29(35-30(34)22-33(8)9)26(5)27(6)31(28)36-32/h10,14-15,21H,11-13,16-20,22H2,1-9H3/b23-10+,24-15+,25-14+/t32-/m1/s1. The molecule has 1 atom stereocenters. The number of rotatable bonds is 12. The molecule has 0 spiro atoms. The molecule has 0 fully saturated rings. The second kappa shape index (κ2) is 13.8. The van der Waals surface area contributed by atoms with E-state index in [1.54, 1.807) is 0 Å². The summed E-state index contributed by atoms with van der Waals surface area (Å²) in [5.74, 6) is 1.40. The molecule has 4 nitrogen and oxygen atoms in total. The van der Waals surface area contributed by atoms with Crippen LogP contribution in [0.15, 0.2) is 41.0 Å². The van der Waals surface area contributed by atoms with Crippen LogP contribution in [0.4, 0.5) is 0 Å². The van der Waals surface area contributed by atoms with Crippen LogP contribution >= 0.6 is 0 Å². The molecule has 200 valence electrons. The van der Waals surface area contributed by atoms with Gasteiger partial charge in [-0.1, -0.05) is 34.9 Å². The molecular formula is C32H49NO3. The highest BCUT2D eigenvalue weighted by atomic mass is 16.5. The lowest BCUT2D eigenvalue weighted by molar-refractivity contribution is -0.135. The van der Waals surface area contributed by atoms with Crippen molar-refractivity contribution in [3.63, 3.8) is 0 Å². The highest BCUT2D eigenvalue weighted by molar-refractivity contribution is 5.75. The average molecular weight is 496 g/mol. The van der Waals surface area contributed by atoms with Gasteiger partial charge in [0.1, 0.15) is 17.1 Å². The predicted molar refractivity (Wildman–Crippen MR) is 152 cm³/mol. The first-order valence-electron chi connectivity index (χ1n) is 13.5. The van der Waals surface area contributed by atoms with Gasteiger partial charge in [-0.2, -0.15) is 0 Å². The number of allylic oxidation sites excluding steroid dienone is 6. The van der Waals surface area contributed by atoms with Crippen LogP contribution in [-0.2, 0) is 11.2 Å². The highest BCUT2D eigenvalue weighted by Gasteiger charge is 2.33. The Balaban J connectivity index is 1.92. The zero-order valence-corrected chi connectivity index (χ0v) is 24.3. The Morgan fingerprint density at radius 1 is 1.03 bits per heavy atom. The number of aryl methyl sites for hydroxylation is 1. The number of carbonyl (C=O) groups excluding carboxylic acids is 1. The number of likely N-dealkylation sites (N-methyl/N-ethyl adjacent to an activating group) is 1. The summed E-state index contributed by atoms with van der Waals surface area (Å²) in [6.45, 7) is 15.4. The maximum Gasteiger partial charge on any atom is 0.325 e. The minimum atomic E-state index is -0.236. The normalized spacial score (nSPS) is 18.8. The number of fused-ring (bicyclic) bond motifs is 1. The van der Waals surface area contributed by atoms with Gasteiger partial charge in [0.05, 0.1) is 6.54 Å². The summed E-state index contributed by atoms with van der Waals surface area (Å²) in [6, 6.07) is 2.00. The molecule has 1 aromatic rings. The van der Waals surface area contributed by atoms with Crippen molar-refractivity contribution in [3.05, 3.63) is 57.7 Å². The largest absolute Gasteiger partial charge is 0.487 e. The molecule has 0 unspecified atom stereocenters. The monoisotopic (exact) mass is 495 g/mol. The number of esters is 1. The fourth-order valence-corrected chi connectivity index (χ4v) is 4.56. The van der Waals surface area contributed by atoms with Crippen molar-refractivity contribution in [2.24, 2.45) is 0 Å². The van der Waals surface area contributed by atoms with Crippen molar-refractivity contribution in [2.75, 3.05) is 20.6 Å². The fraction of sp³-hybridized carbons (Fsp3) is 0.594. The summed E-state index contributed by atoms with van der Waals surface area (Å²) in [5.41, 5.74) is 7.43. The van der Waals surface area contributed by atoms with E-state index in [0.717, 1.165) is 73.8 Å². The van der Waals surface area contributed by atoms with E-state index < -0.39 is 0 Å². The first-order chi connectivity index (χ1) is 16.9. The van der Waals surface area contributed by atoms with Crippen LogP contribution in [0.5, 0.6) is 11.5 Å². The Labute approximate surface area is 220 Å². The van der Waals surface area contributed by atoms with Gasteiger partial charge in [0, 0.05) is 0 Å². The maximum atomic E-state index is 12.2. The molecule has 0 saturated carbocycles. The lowest BCUT2D eigenvalue weighted by Crippen LogP contribution is -2.36. The van der Waals surface area contributed by atoms with Gasteiger partial charge >= 0.3 is 5.97 Å². The number of benzene rings is 1. The highest BCUT2D eigenvalue weighted by Crippen LogP contribution is 2.42. The fourth-order valence-electron chi connectivity index (χ4n) is 4.56. The van der Waals surface area contributed by atoms with E-state index in [4.69, 9.17) is 9.47 Å². The van der Waals surface area contributed by atoms with Gasteiger partial charge in [0.15, 0.2) is 0 Å². The van der Waals surface area contributed by atoms with Crippen molar-refractivity contribution in [2.45, 2.75) is 105 Å². The van der Waals surface area contributed by atoms with Gasteiger partial charge in [-0.15, -0.1) is 0 Å². The van der Waals surface area contributed by atoms with Gasteiger partial charge < -0.3 is 9.47 Å². The quantitative estimate of drug-likeness (QED) is 0.167. The Hall–Kier alpha value is -2.33. The molecule has 0 aliphatic carbocycles. The van der Waals surface area contributed by atoms with Gasteiger partial charge in [-0.3, -0.25) is 9.69 Å². The summed E-state index contributed by atoms with van der Waals surface area (Å²) >= 11 is 0. The number of carbonyl (C=O) groups is 1. The Morgan fingerprint density at radius 2 is 1.67 bits per heavy atom. The molecule has 1 aliphatic heterocycles. The van der Waals surface area contributed by atoms with Crippen molar-refractivity contribution >= 4 is 5.97 Å². The van der Waals surface area contributed by atoms with Crippen LogP contribution < -0.4 is 9.47 Å². The molecule has 4 heteroatoms. The third-order valence-electron chi connectivity index (χ3n) is 7.41. The Kier molecular flexibility index (Phi) is 11.5. The van der Waals surface area contributed by atoms with Crippen molar-refractivity contribution in [3.8, 4) is 11.5 Å². The van der Waals surface area contributed by atoms with Crippen molar-refractivity contribution < 1.29 is 14.3 Å². The molecule has 36 heavy (non-hydrogen) atoms. The van der Waals surface area contributed by atoms with Gasteiger partial charge in [0.25, 0.3) is 0 Å². The lowest BCUT2D eigenvalue weighted by atomic mass is 9.86. The second-order valence-corrected chi connectivity index (χ2v) is 11.2. The topological polar surface area (TPSA) is 38.8 Å². The first kappa shape index (κ1) is 29.9. The molecule has 0 amide bonds. The molecule has 1 heterocycles. The third kappa shape index (κ3) is 9.28. The molecule has 0 N–H and O–H groups in total. The summed E-state index contributed by atoms with van der Waals surface area (Å²) in [4.78, 5) is 14.0. The Bertz CT molecular complexity index is 999. The van der Waals surface area contributed by atoms with E-state index in [-0.39, 0.29) is 18.1 Å². The van der Waals surface area contributed by atoms with Crippen LogP contribution in [0.25, 0.3) is 0 Å². The molecule has 1 aliphatic rings. The number of hydrogen-bond donors (Lipinski definition) is 0. The van der Waals surface area contributed by atoms with E-state index in [1.165, 1.54) is 16.7 Å². The average Bonchev–Trinajstić information content (AvgIpc) is 2.80. The van der Waals surface area contributed by atoms with Crippen LogP contribution in [0.3, 0.4) is 0 Å². The van der Waals surface area contributed by atoms with Gasteiger partial charge in [-0.25, -0.2) is 0 Å². The zero-order chi connectivity index (χ0) is 26.9. The third-order valence-corrected chi connectivity index (χ3v) is 7.41. The molecule has 2 rings (SSSR count). The SMILES string of the molecule is C/C=C(\C)CC/C(C)=C/CC/C(C)=C/CC[C@]1(C)CCc2cc(OC(=O)CN(C)C)c(C)c(C)c2O1. The molecule has 1 aromatic carbocycles. The van der Waals surface area contributed by atoms with Crippen LogP contribution in [0.1, 0.15) is 96.3 Å². The number of hydrogen-bond acceptors (Lipinski definition) is 4. The second-order valence-electron chi connectivity index (χ2n) is 11.2. The van der Waals surface area contributed by atoms with E-state index >= 15 is 0 Å². The molecular weight excluding hydrogens is 446 g/mol. The van der Waals surface area contributed by atoms with Crippen LogP contribution in [-0.4, -0.2) is 37.1 Å². The van der Waals surface area contributed by atoms with E-state index in [0.29, 0.717) is 5.75 Å². The smallest absolute Gasteiger partial charge is 0.325 e. The molecule has 0 saturated heterocycles. The molecule has 0 radical (unpaired) electrons. The minimum absolute atomic E-state index is 0.175. The van der Waals surface area contributed by atoms with Crippen molar-refractivity contribution in [1.82, 2.24) is 4.90 Å². The van der Waals surface area contributed by atoms with Crippen LogP contribution in [0.2, 0.25) is 0 Å². The van der Waals surface area contributed by atoms with Crippen LogP contribution in [0, 0.1) is 13.8 Å². The van der Waals surface area contributed by atoms with Gasteiger partial charge in [-0.05, 0) is 137 Å². The zero-order valence-electron chi connectivity index (χ0n) is 24.3. The van der Waals surface area contributed by atoms with Gasteiger partial charge in [0.2, 0.25) is 0 Å². The number of nitrogens with zero attached hydrogens (tertiary/aromatic N) is 1. The summed E-state index contributed by atoms with van der Waals surface area (Å²) in [5, 5.41) is 0. The Morgan fingerprint density at radius 3 is 2.33 bits per heavy atom. The van der Waals surface area contributed by atoms with E-state index in [1.807, 2.05) is 32.0 Å². The summed E-state index contributed by atoms with van der Waals surface area (Å²) in [6.07, 6.45) is 15.5. The summed E-state index contributed by atoms with van der Waals surface area (Å²) < 4.78 is 12.3. The van der Waals surface area contributed by atoms with E-state index in [2.05, 4.69) is 59.8 Å². The molecule has 0 bridgehead atoms. The maximum absolute atomic E-state index is 12.2.